The number of nitrogens with zero attached hydrogens (tertiary/aromatic N) is 3. The molecule has 0 amide bonds. The van der Waals surface area contributed by atoms with Gasteiger partial charge in [-0.3, -0.25) is 4.90 Å². The number of carbonyl (C=O) groups is 1. The molecule has 1 atom stereocenters. The highest BCUT2D eigenvalue weighted by Crippen LogP contribution is 2.28. The monoisotopic (exact) mass is 367 g/mol. The highest BCUT2D eigenvalue weighted by molar-refractivity contribution is 5.97. The van der Waals surface area contributed by atoms with Crippen molar-refractivity contribution in [2.24, 2.45) is 0 Å². The molecule has 4 rings (SSSR count). The summed E-state index contributed by atoms with van der Waals surface area (Å²) in [6.07, 6.45) is 4.01. The van der Waals surface area contributed by atoms with Gasteiger partial charge in [0.2, 0.25) is 5.95 Å². The molecule has 3 aromatic rings. The van der Waals surface area contributed by atoms with Gasteiger partial charge in [-0.15, -0.1) is 0 Å². The fourth-order valence-electron chi connectivity index (χ4n) is 3.55. The Balaban J connectivity index is 1.65. The van der Waals surface area contributed by atoms with E-state index in [0.717, 1.165) is 18.8 Å². The van der Waals surface area contributed by atoms with E-state index in [2.05, 4.69) is 20.2 Å². The Hall–Kier alpha value is -3.13. The van der Waals surface area contributed by atoms with Crippen LogP contribution in [0.4, 0.5) is 11.8 Å². The largest absolute Gasteiger partial charge is 0.478 e. The van der Waals surface area contributed by atoms with Crippen LogP contribution in [0.15, 0.2) is 41.0 Å². The third-order valence-electron chi connectivity index (χ3n) is 4.88. The third-order valence-corrected chi connectivity index (χ3v) is 4.88. The van der Waals surface area contributed by atoms with Crippen LogP contribution in [0.2, 0.25) is 0 Å². The van der Waals surface area contributed by atoms with Crippen LogP contribution < -0.4 is 11.1 Å². The molecular formula is C19H21N5O3. The maximum atomic E-state index is 11.3. The van der Waals surface area contributed by atoms with Crippen LogP contribution in [-0.2, 0) is 0 Å². The van der Waals surface area contributed by atoms with Crippen molar-refractivity contribution in [1.82, 2.24) is 14.9 Å². The number of nitrogens with two attached hydrogens (primary N) is 1. The average Bonchev–Trinajstić information content (AvgIpc) is 3.35. The smallest absolute Gasteiger partial charge is 0.335 e. The number of nitrogens with one attached hydrogen (secondary N) is 1. The number of nitrogen functional groups attached to an aromatic ring is 1. The quantitative estimate of drug-likeness (QED) is 0.609. The van der Waals surface area contributed by atoms with Crippen LogP contribution in [0.3, 0.4) is 0 Å². The molecule has 8 heteroatoms. The molecule has 27 heavy (non-hydrogen) atoms. The van der Waals surface area contributed by atoms with Gasteiger partial charge in [0.15, 0.2) is 0 Å². The van der Waals surface area contributed by atoms with Gasteiger partial charge in [-0.1, -0.05) is 0 Å². The van der Waals surface area contributed by atoms with Crippen LogP contribution >= 0.6 is 0 Å². The first-order valence-electron chi connectivity index (χ1n) is 8.94. The van der Waals surface area contributed by atoms with Crippen LogP contribution in [-0.4, -0.2) is 45.6 Å². The standard InChI is InChI=1S/C19H21N5O3/c20-19-22-14-6-5-12(18(25)26)10-13(14)17(23-19)21-11-15(16-4-3-9-27-16)24-7-1-2-8-24/h3-6,9-10,15H,1-2,7-8,11H2,(H,25,26)(H3,20,21,22,23). The molecule has 1 unspecified atom stereocenters. The summed E-state index contributed by atoms with van der Waals surface area (Å²) in [5.74, 6) is 0.562. The van der Waals surface area contributed by atoms with Gasteiger partial charge in [0, 0.05) is 11.9 Å². The Morgan fingerprint density at radius 2 is 2.11 bits per heavy atom. The lowest BCUT2D eigenvalue weighted by Gasteiger charge is -2.26. The molecule has 1 aromatic carbocycles. The summed E-state index contributed by atoms with van der Waals surface area (Å²) in [5.41, 5.74) is 6.62. The maximum absolute atomic E-state index is 11.3. The number of hydrogen-bond donors (Lipinski definition) is 3. The first-order chi connectivity index (χ1) is 13.1. The zero-order valence-corrected chi connectivity index (χ0v) is 14.8. The van der Waals surface area contributed by atoms with Crippen LogP contribution in [0, 0.1) is 0 Å². The zero-order chi connectivity index (χ0) is 18.8. The minimum atomic E-state index is -0.995. The number of hydrogen-bond acceptors (Lipinski definition) is 7. The summed E-state index contributed by atoms with van der Waals surface area (Å²) in [4.78, 5) is 22.2. The molecule has 0 spiro atoms. The Kier molecular flexibility index (Phi) is 4.64. The van der Waals surface area contributed by atoms with E-state index in [1.165, 1.54) is 18.9 Å². The third kappa shape index (κ3) is 3.56. The molecule has 1 aliphatic rings. The van der Waals surface area contributed by atoms with Crippen molar-refractivity contribution in [1.29, 1.82) is 0 Å². The fourth-order valence-corrected chi connectivity index (χ4v) is 3.55. The lowest BCUT2D eigenvalue weighted by molar-refractivity contribution is 0.0697. The second-order valence-electron chi connectivity index (χ2n) is 6.62. The van der Waals surface area contributed by atoms with Crippen molar-refractivity contribution in [3.05, 3.63) is 47.9 Å². The maximum Gasteiger partial charge on any atom is 0.335 e. The Morgan fingerprint density at radius 1 is 1.30 bits per heavy atom. The Labute approximate surface area is 156 Å². The summed E-state index contributed by atoms with van der Waals surface area (Å²) in [7, 11) is 0. The highest BCUT2D eigenvalue weighted by Gasteiger charge is 2.25. The van der Waals surface area contributed by atoms with E-state index in [-0.39, 0.29) is 17.6 Å². The molecule has 4 N–H and O–H groups in total. The lowest BCUT2D eigenvalue weighted by Crippen LogP contribution is -2.31. The van der Waals surface area contributed by atoms with Crippen molar-refractivity contribution in [2.75, 3.05) is 30.7 Å². The Bertz CT molecular complexity index is 951. The van der Waals surface area contributed by atoms with Crippen LogP contribution in [0.1, 0.15) is 35.0 Å². The van der Waals surface area contributed by atoms with Gasteiger partial charge in [0.25, 0.3) is 0 Å². The zero-order valence-electron chi connectivity index (χ0n) is 14.8. The van der Waals surface area contributed by atoms with Crippen LogP contribution in [0.5, 0.6) is 0 Å². The molecule has 8 nitrogen and oxygen atoms in total. The predicted molar refractivity (Wildman–Crippen MR) is 102 cm³/mol. The van der Waals surface area contributed by atoms with Gasteiger partial charge in [0.05, 0.1) is 23.4 Å². The summed E-state index contributed by atoms with van der Waals surface area (Å²) in [6.45, 7) is 2.60. The van der Waals surface area contributed by atoms with Crippen molar-refractivity contribution in [3.8, 4) is 0 Å². The Morgan fingerprint density at radius 3 is 2.81 bits per heavy atom. The van der Waals surface area contributed by atoms with Crippen molar-refractivity contribution < 1.29 is 14.3 Å². The lowest BCUT2D eigenvalue weighted by atomic mass is 10.1. The van der Waals surface area contributed by atoms with Crippen molar-refractivity contribution in [3.63, 3.8) is 0 Å². The van der Waals surface area contributed by atoms with Gasteiger partial charge < -0.3 is 20.6 Å². The SMILES string of the molecule is Nc1nc(NCC(c2ccco2)N2CCCC2)c2cc(C(=O)O)ccc2n1. The summed E-state index contributed by atoms with van der Waals surface area (Å²) >= 11 is 0. The van der Waals surface area contributed by atoms with Crippen molar-refractivity contribution >= 4 is 28.6 Å². The second-order valence-corrected chi connectivity index (χ2v) is 6.62. The van der Waals surface area contributed by atoms with E-state index >= 15 is 0 Å². The molecule has 1 saturated heterocycles. The number of aromatic carboxylic acids is 1. The number of carboxylic acid groups (broad SMARTS) is 1. The van der Waals surface area contributed by atoms with Gasteiger partial charge in [-0.05, 0) is 56.3 Å². The van der Waals surface area contributed by atoms with Crippen LogP contribution in [0.25, 0.3) is 10.9 Å². The molecule has 1 fully saturated rings. The van der Waals surface area contributed by atoms with E-state index in [4.69, 9.17) is 10.2 Å². The number of fused-ring (bicyclic) bond motifs is 1. The first-order valence-corrected chi connectivity index (χ1v) is 8.94. The van der Waals surface area contributed by atoms with Crippen molar-refractivity contribution in [2.45, 2.75) is 18.9 Å². The minimum absolute atomic E-state index is 0.0661. The number of anilines is 2. The minimum Gasteiger partial charge on any atom is -0.478 e. The number of benzene rings is 1. The molecule has 0 bridgehead atoms. The number of furan rings is 1. The number of aromatic nitrogens is 2. The molecule has 0 radical (unpaired) electrons. The van der Waals surface area contributed by atoms with E-state index < -0.39 is 5.97 Å². The number of rotatable bonds is 6. The average molecular weight is 367 g/mol. The van der Waals surface area contributed by atoms with E-state index in [1.807, 2.05) is 12.1 Å². The fraction of sp³-hybridized carbons (Fsp3) is 0.316. The normalized spacial score (nSPS) is 15.9. The van der Waals surface area contributed by atoms with E-state index in [1.54, 1.807) is 18.4 Å². The van der Waals surface area contributed by atoms with Gasteiger partial charge >= 0.3 is 5.97 Å². The van der Waals surface area contributed by atoms with Gasteiger partial charge in [-0.2, -0.15) is 4.98 Å². The molecular weight excluding hydrogens is 346 g/mol. The van der Waals surface area contributed by atoms with Gasteiger partial charge in [0.1, 0.15) is 11.6 Å². The predicted octanol–water partition coefficient (Wildman–Crippen LogP) is 2.75. The summed E-state index contributed by atoms with van der Waals surface area (Å²) in [5, 5.41) is 13.2. The molecule has 1 aliphatic heterocycles. The van der Waals surface area contributed by atoms with Gasteiger partial charge in [-0.25, -0.2) is 9.78 Å². The van der Waals surface area contributed by atoms with E-state index in [9.17, 15) is 9.90 Å². The summed E-state index contributed by atoms with van der Waals surface area (Å²) < 4.78 is 5.64. The number of carboxylic acids is 1. The number of likely N-dealkylation sites (tertiary alicyclic amines) is 1. The molecule has 3 heterocycles. The molecule has 140 valence electrons. The first kappa shape index (κ1) is 17.3. The second kappa shape index (κ2) is 7.24. The molecule has 0 aliphatic carbocycles. The molecule has 2 aromatic heterocycles. The topological polar surface area (TPSA) is 118 Å². The molecule has 0 saturated carbocycles. The van der Waals surface area contributed by atoms with E-state index in [0.29, 0.717) is 23.3 Å². The highest BCUT2D eigenvalue weighted by atomic mass is 16.4. The summed E-state index contributed by atoms with van der Waals surface area (Å²) in [6, 6.07) is 8.65.